The second-order valence-electron chi connectivity index (χ2n) is 5.40. The molecule has 0 aliphatic rings. The Kier molecular flexibility index (Phi) is 5.35. The normalized spacial score (nSPS) is 13.0. The number of benzene rings is 2. The van der Waals surface area contributed by atoms with E-state index in [1.165, 1.54) is 11.8 Å². The number of hydrogen-bond donors (Lipinski definition) is 2. The maximum atomic E-state index is 12.3. The zero-order valence-electron chi connectivity index (χ0n) is 13.8. The van der Waals surface area contributed by atoms with Gasteiger partial charge in [0.2, 0.25) is 0 Å². The molecular weight excluding hydrogens is 354 g/mol. The molecule has 0 aliphatic carbocycles. The van der Waals surface area contributed by atoms with Crippen LogP contribution in [-0.4, -0.2) is 27.0 Å². The average molecular weight is 371 g/mol. The summed E-state index contributed by atoms with van der Waals surface area (Å²) in [6.07, 6.45) is 0. The summed E-state index contributed by atoms with van der Waals surface area (Å²) in [6.45, 7) is 3.55. The molecule has 7 heteroatoms. The number of hydrazone groups is 1. The Labute approximate surface area is 153 Å². The molecule has 25 heavy (non-hydrogen) atoms. The number of thiazole rings is 1. The zero-order chi connectivity index (χ0) is 17.8. The van der Waals surface area contributed by atoms with E-state index in [9.17, 15) is 9.90 Å². The molecular formula is C18H17N3O2S2. The summed E-state index contributed by atoms with van der Waals surface area (Å²) in [7, 11) is 0. The van der Waals surface area contributed by atoms with E-state index in [1.807, 2.05) is 37.3 Å². The van der Waals surface area contributed by atoms with Gasteiger partial charge in [-0.3, -0.25) is 4.79 Å². The molecule has 1 unspecified atom stereocenters. The van der Waals surface area contributed by atoms with Crippen molar-refractivity contribution in [2.75, 3.05) is 0 Å². The molecule has 5 nitrogen and oxygen atoms in total. The Hall–Kier alpha value is -2.38. The second kappa shape index (κ2) is 7.67. The van der Waals surface area contributed by atoms with Gasteiger partial charge in [0.25, 0.3) is 5.91 Å². The molecule has 0 fully saturated rings. The molecule has 0 bridgehead atoms. The number of amides is 1. The Morgan fingerprint density at radius 1 is 1.24 bits per heavy atom. The van der Waals surface area contributed by atoms with E-state index in [1.54, 1.807) is 36.5 Å². The minimum absolute atomic E-state index is 0.134. The first-order chi connectivity index (χ1) is 12.0. The van der Waals surface area contributed by atoms with Gasteiger partial charge in [-0.15, -0.1) is 11.3 Å². The van der Waals surface area contributed by atoms with Crippen molar-refractivity contribution in [1.29, 1.82) is 0 Å². The highest BCUT2D eigenvalue weighted by Crippen LogP contribution is 2.31. The van der Waals surface area contributed by atoms with Gasteiger partial charge in [0.15, 0.2) is 4.34 Å². The molecule has 0 aliphatic heterocycles. The Morgan fingerprint density at radius 3 is 2.72 bits per heavy atom. The Morgan fingerprint density at radius 2 is 1.96 bits per heavy atom. The first-order valence-corrected chi connectivity index (χ1v) is 9.39. The van der Waals surface area contributed by atoms with Crippen LogP contribution in [0.4, 0.5) is 0 Å². The van der Waals surface area contributed by atoms with Crippen molar-refractivity contribution in [2.24, 2.45) is 5.10 Å². The third kappa shape index (κ3) is 4.18. The van der Waals surface area contributed by atoms with E-state index >= 15 is 0 Å². The predicted octanol–water partition coefficient (Wildman–Crippen LogP) is 4.02. The van der Waals surface area contributed by atoms with Crippen molar-refractivity contribution >= 4 is 44.9 Å². The SMILES string of the molecule is CC(=NNC(=O)C(C)Sc1nc2ccccc2s1)c1ccccc1O. The van der Waals surface area contributed by atoms with Gasteiger partial charge in [-0.1, -0.05) is 36.0 Å². The molecule has 0 radical (unpaired) electrons. The third-order valence-corrected chi connectivity index (χ3v) is 5.78. The number of fused-ring (bicyclic) bond motifs is 1. The van der Waals surface area contributed by atoms with E-state index in [0.29, 0.717) is 11.3 Å². The minimum Gasteiger partial charge on any atom is -0.507 e. The highest BCUT2D eigenvalue weighted by atomic mass is 32.2. The number of aromatic hydroxyl groups is 1. The second-order valence-corrected chi connectivity index (χ2v) is 8.02. The van der Waals surface area contributed by atoms with Gasteiger partial charge in [0.1, 0.15) is 5.75 Å². The van der Waals surface area contributed by atoms with Crippen LogP contribution >= 0.6 is 23.1 Å². The lowest BCUT2D eigenvalue weighted by atomic mass is 10.1. The van der Waals surface area contributed by atoms with Crippen LogP contribution < -0.4 is 5.43 Å². The maximum absolute atomic E-state index is 12.3. The highest BCUT2D eigenvalue weighted by Gasteiger charge is 2.16. The van der Waals surface area contributed by atoms with Crippen molar-refractivity contribution in [1.82, 2.24) is 10.4 Å². The molecule has 1 aromatic heterocycles. The first kappa shape index (κ1) is 17.4. The topological polar surface area (TPSA) is 74.6 Å². The number of hydrogen-bond acceptors (Lipinski definition) is 6. The molecule has 1 atom stereocenters. The number of rotatable bonds is 5. The van der Waals surface area contributed by atoms with Crippen LogP contribution in [0.2, 0.25) is 0 Å². The smallest absolute Gasteiger partial charge is 0.253 e. The lowest BCUT2D eigenvalue weighted by Crippen LogP contribution is -2.27. The molecule has 1 heterocycles. The van der Waals surface area contributed by atoms with Crippen molar-refractivity contribution < 1.29 is 9.90 Å². The monoisotopic (exact) mass is 371 g/mol. The molecule has 1 amide bonds. The number of nitrogens with zero attached hydrogens (tertiary/aromatic N) is 2. The van der Waals surface area contributed by atoms with Crippen molar-refractivity contribution in [2.45, 2.75) is 23.4 Å². The lowest BCUT2D eigenvalue weighted by Gasteiger charge is -2.08. The van der Waals surface area contributed by atoms with Crippen molar-refractivity contribution in [3.8, 4) is 5.75 Å². The first-order valence-electron chi connectivity index (χ1n) is 7.69. The summed E-state index contributed by atoms with van der Waals surface area (Å²) in [5.41, 5.74) is 4.63. The summed E-state index contributed by atoms with van der Waals surface area (Å²) < 4.78 is 1.95. The Balaban J connectivity index is 1.64. The summed E-state index contributed by atoms with van der Waals surface area (Å²) in [5, 5.41) is 13.6. The van der Waals surface area contributed by atoms with Crippen LogP contribution in [0.25, 0.3) is 10.2 Å². The van der Waals surface area contributed by atoms with Gasteiger partial charge in [-0.05, 0) is 38.1 Å². The number of thioether (sulfide) groups is 1. The van der Waals surface area contributed by atoms with Crippen molar-refractivity contribution in [3.05, 3.63) is 54.1 Å². The summed E-state index contributed by atoms with van der Waals surface area (Å²) in [4.78, 5) is 16.8. The maximum Gasteiger partial charge on any atom is 0.253 e. The van der Waals surface area contributed by atoms with Gasteiger partial charge >= 0.3 is 0 Å². The van der Waals surface area contributed by atoms with Gasteiger partial charge in [0.05, 0.1) is 21.2 Å². The van der Waals surface area contributed by atoms with Gasteiger partial charge in [-0.25, -0.2) is 10.4 Å². The minimum atomic E-state index is -0.332. The summed E-state index contributed by atoms with van der Waals surface area (Å²) in [6, 6.07) is 14.8. The molecule has 0 saturated carbocycles. The predicted molar refractivity (Wildman–Crippen MR) is 103 cm³/mol. The fourth-order valence-electron chi connectivity index (χ4n) is 2.18. The number of para-hydroxylation sites is 2. The largest absolute Gasteiger partial charge is 0.507 e. The quantitative estimate of drug-likeness (QED) is 0.403. The van der Waals surface area contributed by atoms with E-state index in [-0.39, 0.29) is 16.9 Å². The third-order valence-electron chi connectivity index (χ3n) is 3.55. The van der Waals surface area contributed by atoms with Gasteiger partial charge < -0.3 is 5.11 Å². The fourth-order valence-corrected chi connectivity index (χ4v) is 4.38. The van der Waals surface area contributed by atoms with Gasteiger partial charge in [0, 0.05) is 5.56 Å². The molecule has 0 spiro atoms. The number of carbonyl (C=O) groups excluding carboxylic acids is 1. The molecule has 3 aromatic rings. The number of nitrogens with one attached hydrogen (secondary N) is 1. The molecule has 2 N–H and O–H groups in total. The van der Waals surface area contributed by atoms with E-state index in [0.717, 1.165) is 14.6 Å². The van der Waals surface area contributed by atoms with Crippen LogP contribution in [0, 0.1) is 0 Å². The molecule has 128 valence electrons. The number of carbonyl (C=O) groups is 1. The van der Waals surface area contributed by atoms with E-state index < -0.39 is 0 Å². The standard InChI is InChI=1S/C18H17N3O2S2/c1-11(13-7-3-5-9-15(13)22)20-21-17(23)12(2)24-18-19-14-8-4-6-10-16(14)25-18/h3-10,12,22H,1-2H3,(H,21,23). The van der Waals surface area contributed by atoms with Crippen LogP contribution in [-0.2, 0) is 4.79 Å². The lowest BCUT2D eigenvalue weighted by molar-refractivity contribution is -0.120. The number of phenols is 1. The van der Waals surface area contributed by atoms with Crippen LogP contribution in [0.1, 0.15) is 19.4 Å². The number of aromatic nitrogens is 1. The molecule has 2 aromatic carbocycles. The van der Waals surface area contributed by atoms with Crippen molar-refractivity contribution in [3.63, 3.8) is 0 Å². The Bertz CT molecular complexity index is 904. The zero-order valence-corrected chi connectivity index (χ0v) is 15.4. The molecule has 0 saturated heterocycles. The number of phenolic OH excluding ortho intramolecular Hbond substituents is 1. The average Bonchev–Trinajstić information content (AvgIpc) is 3.01. The summed E-state index contributed by atoms with van der Waals surface area (Å²) >= 11 is 2.97. The van der Waals surface area contributed by atoms with Crippen LogP contribution in [0.5, 0.6) is 5.75 Å². The van der Waals surface area contributed by atoms with Gasteiger partial charge in [-0.2, -0.15) is 5.10 Å². The van der Waals surface area contributed by atoms with Crippen LogP contribution in [0.3, 0.4) is 0 Å². The van der Waals surface area contributed by atoms with E-state index in [4.69, 9.17) is 0 Å². The molecule has 3 rings (SSSR count). The van der Waals surface area contributed by atoms with E-state index in [2.05, 4.69) is 15.5 Å². The fraction of sp³-hybridized carbons (Fsp3) is 0.167. The van der Waals surface area contributed by atoms with Crippen LogP contribution in [0.15, 0.2) is 58.0 Å². The summed E-state index contributed by atoms with van der Waals surface area (Å²) in [5.74, 6) is -0.0751. The highest BCUT2D eigenvalue weighted by molar-refractivity contribution is 8.02.